The SMILES string of the molecule is CC(C)NCCOCCCO[C@H](C)C(=O)C(C)CS. The molecule has 0 radical (unpaired) electrons. The summed E-state index contributed by atoms with van der Waals surface area (Å²) >= 11 is 4.12. The molecule has 0 rings (SSSR count). The van der Waals surface area contributed by atoms with Crippen LogP contribution in [0, 0.1) is 5.92 Å². The minimum atomic E-state index is -0.343. The molecule has 0 aromatic heterocycles. The van der Waals surface area contributed by atoms with Crippen molar-refractivity contribution in [3.63, 3.8) is 0 Å². The molecule has 0 saturated heterocycles. The Hall–Kier alpha value is -0.100. The van der Waals surface area contributed by atoms with Gasteiger partial charge in [0.2, 0.25) is 0 Å². The molecule has 114 valence electrons. The van der Waals surface area contributed by atoms with Crippen LogP contribution >= 0.6 is 12.6 Å². The van der Waals surface area contributed by atoms with Crippen LogP contribution in [-0.2, 0) is 14.3 Å². The van der Waals surface area contributed by atoms with E-state index in [0.717, 1.165) is 13.0 Å². The fourth-order valence-electron chi connectivity index (χ4n) is 1.52. The number of carbonyl (C=O) groups is 1. The summed E-state index contributed by atoms with van der Waals surface area (Å²) in [6, 6.07) is 0.493. The second-order valence-corrected chi connectivity index (χ2v) is 5.44. The van der Waals surface area contributed by atoms with Gasteiger partial charge in [-0.05, 0) is 19.1 Å². The summed E-state index contributed by atoms with van der Waals surface area (Å²) in [7, 11) is 0. The van der Waals surface area contributed by atoms with E-state index in [9.17, 15) is 4.79 Å². The topological polar surface area (TPSA) is 47.6 Å². The lowest BCUT2D eigenvalue weighted by Crippen LogP contribution is -2.28. The lowest BCUT2D eigenvalue weighted by Gasteiger charge is -2.15. The third kappa shape index (κ3) is 10.4. The number of ether oxygens (including phenoxy) is 2. The van der Waals surface area contributed by atoms with Crippen LogP contribution in [0.5, 0.6) is 0 Å². The zero-order valence-corrected chi connectivity index (χ0v) is 13.5. The minimum Gasteiger partial charge on any atom is -0.380 e. The van der Waals surface area contributed by atoms with Gasteiger partial charge in [-0.1, -0.05) is 20.8 Å². The van der Waals surface area contributed by atoms with Gasteiger partial charge in [-0.3, -0.25) is 4.79 Å². The van der Waals surface area contributed by atoms with Crippen LogP contribution in [0.25, 0.3) is 0 Å². The molecular weight excluding hydrogens is 262 g/mol. The molecule has 2 atom stereocenters. The standard InChI is InChI=1S/C14H29NO3S/c1-11(2)15-6-9-17-7-5-8-18-13(4)14(16)12(3)10-19/h11-13,15,19H,5-10H2,1-4H3/t12?,13-/m1/s1. The van der Waals surface area contributed by atoms with Crippen molar-refractivity contribution in [1.82, 2.24) is 5.32 Å². The lowest BCUT2D eigenvalue weighted by molar-refractivity contribution is -0.132. The molecule has 19 heavy (non-hydrogen) atoms. The van der Waals surface area contributed by atoms with E-state index in [1.807, 2.05) is 6.92 Å². The Bertz CT molecular complexity index is 237. The van der Waals surface area contributed by atoms with Gasteiger partial charge >= 0.3 is 0 Å². The minimum absolute atomic E-state index is 0.0447. The van der Waals surface area contributed by atoms with Crippen molar-refractivity contribution < 1.29 is 14.3 Å². The quantitative estimate of drug-likeness (QED) is 0.426. The Morgan fingerprint density at radius 1 is 1.16 bits per heavy atom. The average Bonchev–Trinajstić information content (AvgIpc) is 2.39. The summed E-state index contributed by atoms with van der Waals surface area (Å²) < 4.78 is 10.9. The highest BCUT2D eigenvalue weighted by molar-refractivity contribution is 7.80. The Morgan fingerprint density at radius 3 is 2.42 bits per heavy atom. The van der Waals surface area contributed by atoms with Crippen LogP contribution in [-0.4, -0.2) is 50.0 Å². The molecule has 1 unspecified atom stereocenters. The van der Waals surface area contributed by atoms with Gasteiger partial charge in [0.15, 0.2) is 5.78 Å². The van der Waals surface area contributed by atoms with E-state index in [-0.39, 0.29) is 17.8 Å². The maximum atomic E-state index is 11.7. The molecule has 0 spiro atoms. The summed E-state index contributed by atoms with van der Waals surface area (Å²) in [5, 5.41) is 3.28. The van der Waals surface area contributed by atoms with E-state index in [4.69, 9.17) is 9.47 Å². The Kier molecular flexibility index (Phi) is 11.6. The van der Waals surface area contributed by atoms with E-state index in [0.29, 0.717) is 31.6 Å². The highest BCUT2D eigenvalue weighted by atomic mass is 32.1. The van der Waals surface area contributed by atoms with E-state index >= 15 is 0 Å². The number of carbonyl (C=O) groups excluding carboxylic acids is 1. The predicted octanol–water partition coefficient (Wildman–Crippen LogP) is 1.93. The first-order chi connectivity index (χ1) is 8.99. The maximum absolute atomic E-state index is 11.7. The Labute approximate surface area is 123 Å². The van der Waals surface area contributed by atoms with Gasteiger partial charge in [-0.15, -0.1) is 0 Å². The molecule has 0 aromatic rings. The molecule has 0 aliphatic carbocycles. The molecule has 0 aliphatic rings. The van der Waals surface area contributed by atoms with Crippen molar-refractivity contribution >= 4 is 18.4 Å². The molecule has 1 N–H and O–H groups in total. The fraction of sp³-hybridized carbons (Fsp3) is 0.929. The van der Waals surface area contributed by atoms with Crippen molar-refractivity contribution in [2.45, 2.75) is 46.3 Å². The van der Waals surface area contributed by atoms with Gasteiger partial charge in [0.25, 0.3) is 0 Å². The number of hydrogen-bond donors (Lipinski definition) is 2. The number of thiol groups is 1. The lowest BCUT2D eigenvalue weighted by atomic mass is 10.1. The smallest absolute Gasteiger partial charge is 0.164 e. The number of rotatable bonds is 12. The average molecular weight is 291 g/mol. The number of ketones is 1. The second-order valence-electron chi connectivity index (χ2n) is 5.07. The van der Waals surface area contributed by atoms with Gasteiger partial charge in [-0.25, -0.2) is 0 Å². The number of nitrogens with one attached hydrogen (secondary N) is 1. The Morgan fingerprint density at radius 2 is 1.84 bits per heavy atom. The monoisotopic (exact) mass is 291 g/mol. The maximum Gasteiger partial charge on any atom is 0.164 e. The fourth-order valence-corrected chi connectivity index (χ4v) is 1.70. The third-order valence-corrected chi connectivity index (χ3v) is 3.31. The molecule has 0 bridgehead atoms. The van der Waals surface area contributed by atoms with E-state index in [1.165, 1.54) is 0 Å². The third-order valence-electron chi connectivity index (χ3n) is 2.76. The molecule has 0 fully saturated rings. The van der Waals surface area contributed by atoms with Crippen LogP contribution in [0.4, 0.5) is 0 Å². The summed E-state index contributed by atoms with van der Waals surface area (Å²) in [5.74, 6) is 0.645. The number of Topliss-reactive ketones (excluding diaryl/α,β-unsaturated/α-hetero) is 1. The van der Waals surface area contributed by atoms with E-state index < -0.39 is 0 Å². The van der Waals surface area contributed by atoms with Gasteiger partial charge in [0, 0.05) is 31.7 Å². The Balaban J connectivity index is 3.41. The highest BCUT2D eigenvalue weighted by Gasteiger charge is 2.18. The van der Waals surface area contributed by atoms with Gasteiger partial charge in [0.05, 0.1) is 6.61 Å². The van der Waals surface area contributed by atoms with Crippen LogP contribution in [0.1, 0.15) is 34.1 Å². The zero-order valence-electron chi connectivity index (χ0n) is 12.6. The second kappa shape index (κ2) is 11.7. The first-order valence-corrected chi connectivity index (χ1v) is 7.69. The molecule has 0 aromatic carbocycles. The predicted molar refractivity (Wildman–Crippen MR) is 82.0 cm³/mol. The zero-order chi connectivity index (χ0) is 14.7. The summed E-state index contributed by atoms with van der Waals surface area (Å²) in [6.07, 6.45) is 0.471. The number of hydrogen-bond acceptors (Lipinski definition) is 5. The van der Waals surface area contributed by atoms with Crippen molar-refractivity contribution in [3.05, 3.63) is 0 Å². The first kappa shape index (κ1) is 18.9. The van der Waals surface area contributed by atoms with Gasteiger partial charge in [-0.2, -0.15) is 12.6 Å². The van der Waals surface area contributed by atoms with Crippen molar-refractivity contribution in [2.75, 3.05) is 32.1 Å². The van der Waals surface area contributed by atoms with Gasteiger partial charge in [0.1, 0.15) is 6.10 Å². The summed E-state index contributed by atoms with van der Waals surface area (Å²) in [5.41, 5.74) is 0. The molecule has 0 amide bonds. The van der Waals surface area contributed by atoms with E-state index in [1.54, 1.807) is 6.92 Å². The highest BCUT2D eigenvalue weighted by Crippen LogP contribution is 2.06. The summed E-state index contributed by atoms with van der Waals surface area (Å²) in [6.45, 7) is 10.7. The van der Waals surface area contributed by atoms with Crippen molar-refractivity contribution in [2.24, 2.45) is 5.92 Å². The van der Waals surface area contributed by atoms with Crippen LogP contribution in [0.2, 0.25) is 0 Å². The normalized spacial score (nSPS) is 14.6. The van der Waals surface area contributed by atoms with E-state index in [2.05, 4.69) is 31.8 Å². The van der Waals surface area contributed by atoms with Crippen molar-refractivity contribution in [1.29, 1.82) is 0 Å². The molecule has 0 heterocycles. The first-order valence-electron chi connectivity index (χ1n) is 7.06. The molecule has 4 nitrogen and oxygen atoms in total. The van der Waals surface area contributed by atoms with Crippen molar-refractivity contribution in [3.8, 4) is 0 Å². The molecule has 0 saturated carbocycles. The van der Waals surface area contributed by atoms with Crippen LogP contribution < -0.4 is 5.32 Å². The van der Waals surface area contributed by atoms with Gasteiger partial charge < -0.3 is 14.8 Å². The molecule has 5 heteroatoms. The van der Waals surface area contributed by atoms with Crippen LogP contribution in [0.3, 0.4) is 0 Å². The molecule has 0 aliphatic heterocycles. The van der Waals surface area contributed by atoms with Crippen LogP contribution in [0.15, 0.2) is 0 Å². The largest absolute Gasteiger partial charge is 0.380 e. The molecular formula is C14H29NO3S. The summed E-state index contributed by atoms with van der Waals surface area (Å²) in [4.78, 5) is 11.7.